The maximum absolute atomic E-state index is 13.7. The first-order valence-corrected chi connectivity index (χ1v) is 14.0. The standard InChI is InChI=1S/C32H43NO6/c1-17-8-10-21(11-9-17)28(4,5)25(33)27(36)39-31-14-19(3)32(38)22(24(31)29(31,6)7)13-20(16-34)15-30(37)23(32)12-18(2)26(30)35/h8-13,19,22-25,34,37-38H,14-16,33H2,1-7H3/t19-,22+,23-,24-,25?,30-,31+,32-/m1/s1. The number of ether oxygens (including phenoxy) is 1. The lowest BCUT2D eigenvalue weighted by Gasteiger charge is -2.50. The summed E-state index contributed by atoms with van der Waals surface area (Å²) in [5, 5.41) is 34.3. The predicted octanol–water partition coefficient (Wildman–Crippen LogP) is 3.12. The van der Waals surface area contributed by atoms with Crippen LogP contribution in [0.1, 0.15) is 65.5 Å². The van der Waals surface area contributed by atoms with E-state index in [4.69, 9.17) is 10.5 Å². The van der Waals surface area contributed by atoms with Gasteiger partial charge in [0, 0.05) is 35.0 Å². The van der Waals surface area contributed by atoms with Gasteiger partial charge in [0.2, 0.25) is 0 Å². The molecular formula is C32H43NO6. The highest BCUT2D eigenvalue weighted by atomic mass is 16.6. The number of benzene rings is 1. The van der Waals surface area contributed by atoms with Gasteiger partial charge in [0.1, 0.15) is 17.2 Å². The third-order valence-electron chi connectivity index (χ3n) is 11.0. The summed E-state index contributed by atoms with van der Waals surface area (Å²) in [5.41, 5.74) is 4.25. The first-order valence-electron chi connectivity index (χ1n) is 14.0. The predicted molar refractivity (Wildman–Crippen MR) is 147 cm³/mol. The number of hydrogen-bond donors (Lipinski definition) is 4. The molecule has 0 spiro atoms. The molecule has 2 fully saturated rings. The molecule has 1 unspecified atom stereocenters. The molecule has 0 bridgehead atoms. The Balaban J connectivity index is 1.51. The molecule has 0 amide bonds. The highest BCUT2D eigenvalue weighted by Gasteiger charge is 2.83. The quantitative estimate of drug-likeness (QED) is 0.335. The van der Waals surface area contributed by atoms with Crippen LogP contribution in [0.5, 0.6) is 0 Å². The Labute approximate surface area is 231 Å². The van der Waals surface area contributed by atoms with Gasteiger partial charge < -0.3 is 25.8 Å². The first kappa shape index (κ1) is 28.2. The lowest BCUT2D eigenvalue weighted by Crippen LogP contribution is -2.61. The van der Waals surface area contributed by atoms with E-state index in [1.54, 1.807) is 13.0 Å². The van der Waals surface area contributed by atoms with Crippen LogP contribution in [-0.2, 0) is 19.7 Å². The van der Waals surface area contributed by atoms with E-state index < -0.39 is 63.2 Å². The third-order valence-corrected chi connectivity index (χ3v) is 11.0. The number of aliphatic hydroxyl groups excluding tert-OH is 1. The number of carbonyl (C=O) groups excluding carboxylic acids is 2. The molecule has 0 aliphatic heterocycles. The summed E-state index contributed by atoms with van der Waals surface area (Å²) in [4.78, 5) is 26.8. The lowest BCUT2D eigenvalue weighted by molar-refractivity contribution is -0.188. The number of rotatable bonds is 5. The molecule has 5 rings (SSSR count). The smallest absolute Gasteiger partial charge is 0.324 e. The molecule has 7 heteroatoms. The molecule has 4 aliphatic rings. The number of nitrogens with two attached hydrogens (primary N) is 1. The van der Waals surface area contributed by atoms with Gasteiger partial charge in [0.15, 0.2) is 5.78 Å². The maximum Gasteiger partial charge on any atom is 0.324 e. The lowest BCUT2D eigenvalue weighted by atomic mass is 9.60. The van der Waals surface area contributed by atoms with Gasteiger partial charge in [-0.3, -0.25) is 9.59 Å². The monoisotopic (exact) mass is 537 g/mol. The molecule has 8 atom stereocenters. The molecule has 0 heterocycles. The average molecular weight is 538 g/mol. The fraction of sp³-hybridized carbons (Fsp3) is 0.625. The fourth-order valence-corrected chi connectivity index (χ4v) is 8.30. The molecule has 212 valence electrons. The normalized spacial score (nSPS) is 39.4. The number of aliphatic hydroxyl groups is 3. The summed E-state index contributed by atoms with van der Waals surface area (Å²) in [7, 11) is 0. The largest absolute Gasteiger partial charge is 0.457 e. The van der Waals surface area contributed by atoms with E-state index in [-0.39, 0.29) is 18.9 Å². The summed E-state index contributed by atoms with van der Waals surface area (Å²) in [6.07, 6.45) is 3.87. The van der Waals surface area contributed by atoms with Gasteiger partial charge in [0.25, 0.3) is 0 Å². The highest BCUT2D eigenvalue weighted by Crippen LogP contribution is 2.76. The Morgan fingerprint density at radius 2 is 1.77 bits per heavy atom. The number of fused-ring (bicyclic) bond motifs is 5. The van der Waals surface area contributed by atoms with E-state index in [1.165, 1.54) is 0 Å². The van der Waals surface area contributed by atoms with E-state index in [2.05, 4.69) is 0 Å². The van der Waals surface area contributed by atoms with Crippen LogP contribution in [0.3, 0.4) is 0 Å². The van der Waals surface area contributed by atoms with E-state index in [0.717, 1.165) is 11.1 Å². The van der Waals surface area contributed by atoms with Crippen molar-refractivity contribution in [3.63, 3.8) is 0 Å². The molecule has 0 saturated heterocycles. The van der Waals surface area contributed by atoms with Crippen LogP contribution in [0, 0.1) is 36.0 Å². The van der Waals surface area contributed by atoms with E-state index >= 15 is 0 Å². The molecule has 5 N–H and O–H groups in total. The zero-order valence-corrected chi connectivity index (χ0v) is 24.1. The molecule has 7 nitrogen and oxygen atoms in total. The highest BCUT2D eigenvalue weighted by molar-refractivity contribution is 6.04. The topological polar surface area (TPSA) is 130 Å². The first-order chi connectivity index (χ1) is 18.0. The van der Waals surface area contributed by atoms with Gasteiger partial charge >= 0.3 is 5.97 Å². The van der Waals surface area contributed by atoms with Crippen molar-refractivity contribution >= 4 is 11.8 Å². The minimum Gasteiger partial charge on any atom is -0.457 e. The zero-order chi connectivity index (χ0) is 28.9. The minimum absolute atomic E-state index is 0.0398. The van der Waals surface area contributed by atoms with Crippen LogP contribution in [0.25, 0.3) is 0 Å². The molecule has 1 aromatic carbocycles. The number of esters is 1. The van der Waals surface area contributed by atoms with Crippen molar-refractivity contribution in [2.24, 2.45) is 34.8 Å². The minimum atomic E-state index is -1.81. The molecule has 39 heavy (non-hydrogen) atoms. The van der Waals surface area contributed by atoms with Crippen LogP contribution in [0.15, 0.2) is 47.6 Å². The zero-order valence-electron chi connectivity index (χ0n) is 24.1. The summed E-state index contributed by atoms with van der Waals surface area (Å²) in [5.74, 6) is -2.96. The number of ketones is 1. The number of hydrogen-bond acceptors (Lipinski definition) is 7. The van der Waals surface area contributed by atoms with Crippen LogP contribution in [0.2, 0.25) is 0 Å². The van der Waals surface area contributed by atoms with E-state index in [9.17, 15) is 24.9 Å². The van der Waals surface area contributed by atoms with Crippen LogP contribution in [-0.4, -0.2) is 56.5 Å². The Morgan fingerprint density at radius 1 is 1.15 bits per heavy atom. The van der Waals surface area contributed by atoms with Crippen molar-refractivity contribution in [1.82, 2.24) is 0 Å². The third kappa shape index (κ3) is 3.62. The SMILES string of the molecule is CC1=C[C@H]2[C@@]3(O)[C@H](C)C[C@]4(OC(=O)C(N)C(C)(C)c5ccc(C)cc5)[C@H]([C@@H]3C=C(CO)C[C@]2(O)C1=O)C4(C)C. The van der Waals surface area contributed by atoms with Crippen molar-refractivity contribution in [3.8, 4) is 0 Å². The fourth-order valence-electron chi connectivity index (χ4n) is 8.30. The van der Waals surface area contributed by atoms with Crippen molar-refractivity contribution in [2.45, 2.75) is 89.6 Å². The second-order valence-electron chi connectivity index (χ2n) is 13.8. The molecular weight excluding hydrogens is 494 g/mol. The summed E-state index contributed by atoms with van der Waals surface area (Å²) in [6.45, 7) is 13.2. The van der Waals surface area contributed by atoms with E-state index in [0.29, 0.717) is 17.6 Å². The molecule has 0 radical (unpaired) electrons. The van der Waals surface area contributed by atoms with Crippen molar-refractivity contribution in [1.29, 1.82) is 0 Å². The van der Waals surface area contributed by atoms with Crippen molar-refractivity contribution < 1.29 is 29.6 Å². The maximum atomic E-state index is 13.7. The summed E-state index contributed by atoms with van der Waals surface area (Å²) < 4.78 is 6.40. The van der Waals surface area contributed by atoms with Gasteiger partial charge in [0.05, 0.1) is 12.2 Å². The molecule has 0 aromatic heterocycles. The second kappa shape index (κ2) is 8.59. The second-order valence-corrected chi connectivity index (χ2v) is 13.8. The molecule has 4 aliphatic carbocycles. The van der Waals surface area contributed by atoms with Gasteiger partial charge in [-0.2, -0.15) is 0 Å². The van der Waals surface area contributed by atoms with Crippen LogP contribution >= 0.6 is 0 Å². The number of Topliss-reactive ketones (excluding diaryl/α,β-unsaturated/α-hetero) is 1. The van der Waals surface area contributed by atoms with Gasteiger partial charge in [-0.1, -0.05) is 76.6 Å². The summed E-state index contributed by atoms with van der Waals surface area (Å²) >= 11 is 0. The van der Waals surface area contributed by atoms with Crippen LogP contribution < -0.4 is 5.73 Å². The van der Waals surface area contributed by atoms with E-state index in [1.807, 2.05) is 71.9 Å². The summed E-state index contributed by atoms with van der Waals surface area (Å²) in [6, 6.07) is 7.06. The number of aryl methyl sites for hydroxylation is 1. The van der Waals surface area contributed by atoms with Gasteiger partial charge in [-0.25, -0.2) is 0 Å². The Morgan fingerprint density at radius 3 is 2.36 bits per heavy atom. The van der Waals surface area contributed by atoms with Crippen molar-refractivity contribution in [3.05, 3.63) is 58.7 Å². The number of carbonyl (C=O) groups is 2. The molecule has 1 aromatic rings. The average Bonchev–Trinajstić information content (AvgIpc) is 3.27. The van der Waals surface area contributed by atoms with Gasteiger partial charge in [-0.15, -0.1) is 0 Å². The Kier molecular flexibility index (Phi) is 6.22. The molecule has 2 saturated carbocycles. The van der Waals surface area contributed by atoms with Gasteiger partial charge in [-0.05, 0) is 42.9 Å². The Bertz CT molecular complexity index is 1280. The van der Waals surface area contributed by atoms with Crippen molar-refractivity contribution in [2.75, 3.05) is 6.61 Å². The Hall–Kier alpha value is -2.32. The van der Waals surface area contributed by atoms with Crippen LogP contribution in [0.4, 0.5) is 0 Å².